The van der Waals surface area contributed by atoms with Crippen LogP contribution < -0.4 is 10.6 Å². The fourth-order valence-electron chi connectivity index (χ4n) is 1.75. The number of hydrogen-bond acceptors (Lipinski definition) is 3. The topological polar surface area (TPSA) is 82.7 Å². The summed E-state index contributed by atoms with van der Waals surface area (Å²) in [5.74, 6) is -0.0682. The first-order chi connectivity index (χ1) is 10.0. The van der Waals surface area contributed by atoms with Crippen LogP contribution in [0.15, 0.2) is 18.2 Å². The molecule has 0 fully saturated rings. The standard InChI is InChI=1S/C13H15F2N5O/c1-8-17-12(20-19-8)3-2-4-16-13(21)18-11-6-9(14)5-10(15)7-11/h5-7H,2-4H2,1H3,(H2,16,18,21)(H,17,19,20). The molecule has 21 heavy (non-hydrogen) atoms. The third kappa shape index (κ3) is 4.83. The van der Waals surface area contributed by atoms with E-state index >= 15 is 0 Å². The molecule has 0 saturated heterocycles. The molecule has 1 heterocycles. The van der Waals surface area contributed by atoms with Crippen LogP contribution in [0.5, 0.6) is 0 Å². The molecule has 0 saturated carbocycles. The van der Waals surface area contributed by atoms with Crippen molar-refractivity contribution in [3.05, 3.63) is 41.5 Å². The van der Waals surface area contributed by atoms with Gasteiger partial charge >= 0.3 is 6.03 Å². The average Bonchev–Trinajstić information content (AvgIpc) is 2.79. The van der Waals surface area contributed by atoms with E-state index in [1.54, 1.807) is 6.92 Å². The molecule has 0 aliphatic carbocycles. The van der Waals surface area contributed by atoms with E-state index in [9.17, 15) is 13.6 Å². The number of aryl methyl sites for hydroxylation is 2. The molecule has 6 nitrogen and oxygen atoms in total. The molecule has 1 aromatic carbocycles. The SMILES string of the molecule is Cc1nc(CCCNC(=O)Nc2cc(F)cc(F)c2)n[nH]1. The summed E-state index contributed by atoms with van der Waals surface area (Å²) in [4.78, 5) is 15.7. The lowest BCUT2D eigenvalue weighted by molar-refractivity contribution is 0.252. The lowest BCUT2D eigenvalue weighted by atomic mass is 10.3. The molecule has 8 heteroatoms. The minimum Gasteiger partial charge on any atom is -0.338 e. The van der Waals surface area contributed by atoms with Gasteiger partial charge in [-0.05, 0) is 25.5 Å². The van der Waals surface area contributed by atoms with E-state index in [0.717, 1.165) is 24.0 Å². The minimum atomic E-state index is -0.745. The second kappa shape index (κ2) is 6.78. The summed E-state index contributed by atoms with van der Waals surface area (Å²) < 4.78 is 25.9. The molecule has 3 N–H and O–H groups in total. The first-order valence-electron chi connectivity index (χ1n) is 6.42. The zero-order valence-corrected chi connectivity index (χ0v) is 11.4. The van der Waals surface area contributed by atoms with Crippen LogP contribution in [0.2, 0.25) is 0 Å². The molecule has 0 spiro atoms. The van der Waals surface area contributed by atoms with Crippen LogP contribution >= 0.6 is 0 Å². The maximum atomic E-state index is 12.9. The molecule has 0 atom stereocenters. The summed E-state index contributed by atoms with van der Waals surface area (Å²) in [5.41, 5.74) is 0.0644. The zero-order chi connectivity index (χ0) is 15.2. The maximum absolute atomic E-state index is 12.9. The number of H-pyrrole nitrogens is 1. The highest BCUT2D eigenvalue weighted by atomic mass is 19.1. The Balaban J connectivity index is 1.72. The van der Waals surface area contributed by atoms with Crippen molar-refractivity contribution in [1.82, 2.24) is 20.5 Å². The number of carbonyl (C=O) groups excluding carboxylic acids is 1. The van der Waals surface area contributed by atoms with Crippen molar-refractivity contribution in [3.8, 4) is 0 Å². The first-order valence-corrected chi connectivity index (χ1v) is 6.42. The van der Waals surface area contributed by atoms with Crippen molar-refractivity contribution in [2.45, 2.75) is 19.8 Å². The number of hydrogen-bond donors (Lipinski definition) is 3. The molecule has 0 unspecified atom stereocenters. The van der Waals surface area contributed by atoms with Gasteiger partial charge in [-0.2, -0.15) is 5.10 Å². The van der Waals surface area contributed by atoms with Gasteiger partial charge in [-0.1, -0.05) is 0 Å². The van der Waals surface area contributed by atoms with E-state index in [-0.39, 0.29) is 5.69 Å². The van der Waals surface area contributed by atoms with Crippen molar-refractivity contribution in [3.63, 3.8) is 0 Å². The van der Waals surface area contributed by atoms with Crippen molar-refractivity contribution in [1.29, 1.82) is 0 Å². The fraction of sp³-hybridized carbons (Fsp3) is 0.308. The monoisotopic (exact) mass is 295 g/mol. The van der Waals surface area contributed by atoms with Gasteiger partial charge < -0.3 is 10.6 Å². The summed E-state index contributed by atoms with van der Waals surface area (Å²) >= 11 is 0. The van der Waals surface area contributed by atoms with Crippen molar-refractivity contribution < 1.29 is 13.6 Å². The van der Waals surface area contributed by atoms with E-state index in [0.29, 0.717) is 25.2 Å². The number of anilines is 1. The number of urea groups is 1. The predicted octanol–water partition coefficient (Wildman–Crippen LogP) is 2.15. The Bertz CT molecular complexity index is 609. The van der Waals surface area contributed by atoms with Crippen molar-refractivity contribution in [2.75, 3.05) is 11.9 Å². The third-order valence-corrected chi connectivity index (χ3v) is 2.63. The van der Waals surface area contributed by atoms with Crippen molar-refractivity contribution >= 4 is 11.7 Å². The van der Waals surface area contributed by atoms with Gasteiger partial charge in [0.2, 0.25) is 0 Å². The van der Waals surface area contributed by atoms with Crippen molar-refractivity contribution in [2.24, 2.45) is 0 Å². The van der Waals surface area contributed by atoms with Gasteiger partial charge in [0.1, 0.15) is 17.5 Å². The van der Waals surface area contributed by atoms with Crippen LogP contribution in [0.4, 0.5) is 19.3 Å². The van der Waals surface area contributed by atoms with E-state index in [1.165, 1.54) is 0 Å². The number of halogens is 2. The molecular weight excluding hydrogens is 280 g/mol. The highest BCUT2D eigenvalue weighted by Gasteiger charge is 2.05. The smallest absolute Gasteiger partial charge is 0.319 e. The molecule has 2 amide bonds. The summed E-state index contributed by atoms with van der Waals surface area (Å²) in [6, 6.07) is 2.30. The Morgan fingerprint density at radius 3 is 2.62 bits per heavy atom. The third-order valence-electron chi connectivity index (χ3n) is 2.63. The summed E-state index contributed by atoms with van der Waals surface area (Å²) in [6.07, 6.45) is 1.28. The average molecular weight is 295 g/mol. The minimum absolute atomic E-state index is 0.0644. The lowest BCUT2D eigenvalue weighted by Gasteiger charge is -2.07. The van der Waals surface area contributed by atoms with E-state index in [4.69, 9.17) is 0 Å². The van der Waals surface area contributed by atoms with E-state index < -0.39 is 17.7 Å². The highest BCUT2D eigenvalue weighted by Crippen LogP contribution is 2.12. The van der Waals surface area contributed by atoms with Gasteiger partial charge in [-0.15, -0.1) is 0 Å². The van der Waals surface area contributed by atoms with Crippen LogP contribution in [0.3, 0.4) is 0 Å². The molecule has 0 radical (unpaired) electrons. The molecule has 2 rings (SSSR count). The first kappa shape index (κ1) is 14.9. The van der Waals surface area contributed by atoms with E-state index in [1.807, 2.05) is 0 Å². The Morgan fingerprint density at radius 2 is 2.00 bits per heavy atom. The second-order valence-electron chi connectivity index (χ2n) is 4.48. The van der Waals surface area contributed by atoms with Crippen LogP contribution in [0, 0.1) is 18.6 Å². The van der Waals surface area contributed by atoms with Crippen LogP contribution in [-0.4, -0.2) is 27.8 Å². The highest BCUT2D eigenvalue weighted by molar-refractivity contribution is 5.89. The van der Waals surface area contributed by atoms with Crippen LogP contribution in [0.25, 0.3) is 0 Å². The van der Waals surface area contributed by atoms with Gasteiger partial charge in [-0.25, -0.2) is 18.6 Å². The number of rotatable bonds is 5. The molecule has 2 aromatic rings. The number of aromatic amines is 1. The fourth-order valence-corrected chi connectivity index (χ4v) is 1.75. The largest absolute Gasteiger partial charge is 0.338 e. The molecule has 1 aromatic heterocycles. The van der Waals surface area contributed by atoms with Gasteiger partial charge in [-0.3, -0.25) is 5.10 Å². The molecule has 0 aliphatic rings. The Kier molecular flexibility index (Phi) is 4.81. The summed E-state index contributed by atoms with van der Waals surface area (Å²) in [6.45, 7) is 2.21. The van der Waals surface area contributed by atoms with Gasteiger partial charge in [0.15, 0.2) is 5.82 Å². The Labute approximate surface area is 120 Å². The second-order valence-corrected chi connectivity index (χ2v) is 4.48. The molecule has 112 valence electrons. The molecular formula is C13H15F2N5O. The summed E-state index contributed by atoms with van der Waals surface area (Å²) in [7, 11) is 0. The van der Waals surface area contributed by atoms with Crippen LogP contribution in [0.1, 0.15) is 18.1 Å². The van der Waals surface area contributed by atoms with Gasteiger partial charge in [0.05, 0.1) is 0 Å². The van der Waals surface area contributed by atoms with Crippen LogP contribution in [-0.2, 0) is 6.42 Å². The van der Waals surface area contributed by atoms with E-state index in [2.05, 4.69) is 25.8 Å². The lowest BCUT2D eigenvalue weighted by Crippen LogP contribution is -2.29. The molecule has 0 bridgehead atoms. The number of carbonyl (C=O) groups is 1. The number of nitrogens with one attached hydrogen (secondary N) is 3. The zero-order valence-electron chi connectivity index (χ0n) is 11.4. The van der Waals surface area contributed by atoms with Gasteiger partial charge in [0, 0.05) is 24.7 Å². The predicted molar refractivity (Wildman–Crippen MR) is 72.8 cm³/mol. The Morgan fingerprint density at radius 1 is 1.29 bits per heavy atom. The number of nitrogens with zero attached hydrogens (tertiary/aromatic N) is 2. The Hall–Kier alpha value is -2.51. The molecule has 0 aliphatic heterocycles. The number of aromatic nitrogens is 3. The number of amides is 2. The maximum Gasteiger partial charge on any atom is 0.319 e. The van der Waals surface area contributed by atoms with Gasteiger partial charge in [0.25, 0.3) is 0 Å². The normalized spacial score (nSPS) is 10.4. The number of benzene rings is 1. The quantitative estimate of drug-likeness (QED) is 0.739. The summed E-state index contributed by atoms with van der Waals surface area (Å²) in [5, 5.41) is 11.6.